The smallest absolute Gasteiger partial charge is 0.0624 e. The predicted octanol–water partition coefficient (Wildman–Crippen LogP) is 2.27. The van der Waals surface area contributed by atoms with E-state index in [4.69, 9.17) is 0 Å². The van der Waals surface area contributed by atoms with Crippen molar-refractivity contribution >= 4 is 11.8 Å². The van der Waals surface area contributed by atoms with Gasteiger partial charge in [-0.1, -0.05) is 19.8 Å². The Morgan fingerprint density at radius 2 is 2.13 bits per heavy atom. The molecule has 0 aromatic rings. The molecule has 0 radical (unpaired) electrons. The molecule has 1 atom stereocenters. The Morgan fingerprint density at radius 1 is 1.40 bits per heavy atom. The summed E-state index contributed by atoms with van der Waals surface area (Å²) in [5.74, 6) is 3.02. The highest BCUT2D eigenvalue weighted by Gasteiger charge is 2.43. The Labute approximate surface area is 98.2 Å². The fourth-order valence-electron chi connectivity index (χ4n) is 1.99. The molecular formula is C12H25NOS. The molecule has 0 aromatic carbocycles. The fraction of sp³-hybridized carbons (Fsp3) is 1.00. The summed E-state index contributed by atoms with van der Waals surface area (Å²) < 4.78 is 0. The van der Waals surface area contributed by atoms with Crippen molar-refractivity contribution < 1.29 is 5.11 Å². The second-order valence-corrected chi connectivity index (χ2v) is 5.70. The summed E-state index contributed by atoms with van der Waals surface area (Å²) in [5, 5.41) is 12.9. The minimum Gasteiger partial charge on any atom is -0.394 e. The lowest BCUT2D eigenvalue weighted by atomic mass is 9.97. The number of rotatable bonds is 9. The van der Waals surface area contributed by atoms with Gasteiger partial charge in [0.15, 0.2) is 0 Å². The Hall–Kier alpha value is 0.270. The highest BCUT2D eigenvalue weighted by Crippen LogP contribution is 2.41. The van der Waals surface area contributed by atoms with Gasteiger partial charge in [0.1, 0.15) is 0 Å². The first-order valence-corrected chi connectivity index (χ1v) is 7.32. The summed E-state index contributed by atoms with van der Waals surface area (Å²) in [5.41, 5.74) is 0.0108. The quantitative estimate of drug-likeness (QED) is 0.597. The van der Waals surface area contributed by atoms with E-state index in [0.29, 0.717) is 5.92 Å². The number of thioether (sulfide) groups is 1. The van der Waals surface area contributed by atoms with Gasteiger partial charge >= 0.3 is 0 Å². The molecule has 3 heteroatoms. The lowest BCUT2D eigenvalue weighted by Crippen LogP contribution is -2.51. The maximum Gasteiger partial charge on any atom is 0.0624 e. The third kappa shape index (κ3) is 3.97. The summed E-state index contributed by atoms with van der Waals surface area (Å²) >= 11 is 2.00. The van der Waals surface area contributed by atoms with Crippen molar-refractivity contribution in [3.05, 3.63) is 0 Å². The molecule has 0 saturated heterocycles. The number of aliphatic hydroxyl groups is 1. The van der Waals surface area contributed by atoms with Crippen LogP contribution in [0.3, 0.4) is 0 Å². The highest BCUT2D eigenvalue weighted by molar-refractivity contribution is 7.99. The van der Waals surface area contributed by atoms with Gasteiger partial charge in [0.25, 0.3) is 0 Å². The summed E-state index contributed by atoms with van der Waals surface area (Å²) in [4.78, 5) is 0. The third-order valence-electron chi connectivity index (χ3n) is 3.39. The first-order chi connectivity index (χ1) is 7.29. The van der Waals surface area contributed by atoms with Gasteiger partial charge in [-0.3, -0.25) is 0 Å². The summed E-state index contributed by atoms with van der Waals surface area (Å²) in [6.45, 7) is 2.52. The summed E-state index contributed by atoms with van der Waals surface area (Å²) in [6, 6.07) is 0. The van der Waals surface area contributed by atoms with Crippen LogP contribution in [0, 0.1) is 5.92 Å². The maximum atomic E-state index is 9.51. The normalized spacial score (nSPS) is 20.2. The molecule has 15 heavy (non-hydrogen) atoms. The number of hydrogen-bond donors (Lipinski definition) is 2. The standard InChI is InChI=1S/C12H25NOS/c1-3-4-5-8-15-10-12(9-14,13-2)11-6-7-11/h11,13-14H,3-10H2,1-2H3. The molecule has 1 aliphatic rings. The first-order valence-electron chi connectivity index (χ1n) is 6.16. The van der Waals surface area contributed by atoms with Gasteiger partial charge in [-0.25, -0.2) is 0 Å². The van der Waals surface area contributed by atoms with Gasteiger partial charge < -0.3 is 10.4 Å². The van der Waals surface area contributed by atoms with Crippen LogP contribution in [0.1, 0.15) is 39.0 Å². The highest BCUT2D eigenvalue weighted by atomic mass is 32.2. The van der Waals surface area contributed by atoms with Crippen LogP contribution in [0.25, 0.3) is 0 Å². The molecule has 1 unspecified atom stereocenters. The molecular weight excluding hydrogens is 206 g/mol. The molecule has 0 aromatic heterocycles. The van der Waals surface area contributed by atoms with Crippen molar-refractivity contribution in [3.8, 4) is 0 Å². The largest absolute Gasteiger partial charge is 0.394 e. The maximum absolute atomic E-state index is 9.51. The Balaban J connectivity index is 2.19. The lowest BCUT2D eigenvalue weighted by Gasteiger charge is -2.31. The number of aliphatic hydroxyl groups excluding tert-OH is 1. The van der Waals surface area contributed by atoms with E-state index in [0.717, 1.165) is 5.75 Å². The zero-order chi connectivity index (χ0) is 11.1. The van der Waals surface area contributed by atoms with Gasteiger partial charge in [-0.15, -0.1) is 0 Å². The summed E-state index contributed by atoms with van der Waals surface area (Å²) in [7, 11) is 1.99. The molecule has 0 bridgehead atoms. The van der Waals surface area contributed by atoms with Crippen LogP contribution in [0.5, 0.6) is 0 Å². The minimum atomic E-state index is 0.0108. The molecule has 2 nitrogen and oxygen atoms in total. The predicted molar refractivity (Wildman–Crippen MR) is 68.5 cm³/mol. The van der Waals surface area contributed by atoms with Crippen LogP contribution in [0.4, 0.5) is 0 Å². The third-order valence-corrected chi connectivity index (χ3v) is 4.69. The van der Waals surface area contributed by atoms with Gasteiger partial charge in [0, 0.05) is 5.75 Å². The van der Waals surface area contributed by atoms with Crippen LogP contribution in [0.15, 0.2) is 0 Å². The van der Waals surface area contributed by atoms with Crippen LogP contribution < -0.4 is 5.32 Å². The van der Waals surface area contributed by atoms with E-state index < -0.39 is 0 Å². The minimum absolute atomic E-state index is 0.0108. The van der Waals surface area contributed by atoms with E-state index in [1.165, 1.54) is 37.9 Å². The topological polar surface area (TPSA) is 32.3 Å². The van der Waals surface area contributed by atoms with Gasteiger partial charge in [0.2, 0.25) is 0 Å². The lowest BCUT2D eigenvalue weighted by molar-refractivity contribution is 0.167. The van der Waals surface area contributed by atoms with E-state index in [2.05, 4.69) is 12.2 Å². The van der Waals surface area contributed by atoms with E-state index in [9.17, 15) is 5.11 Å². The van der Waals surface area contributed by atoms with Crippen LogP contribution >= 0.6 is 11.8 Å². The average Bonchev–Trinajstić information content (AvgIpc) is 3.08. The molecule has 1 aliphatic carbocycles. The Kier molecular flexibility index (Phi) is 6.02. The Bertz CT molecular complexity index is 167. The second-order valence-electron chi connectivity index (χ2n) is 4.60. The number of nitrogens with one attached hydrogen (secondary N) is 1. The van der Waals surface area contributed by atoms with Crippen LogP contribution in [-0.4, -0.2) is 35.8 Å². The average molecular weight is 231 g/mol. The number of unbranched alkanes of at least 4 members (excludes halogenated alkanes) is 2. The first kappa shape index (κ1) is 13.3. The molecule has 2 N–H and O–H groups in total. The monoisotopic (exact) mass is 231 g/mol. The molecule has 0 aliphatic heterocycles. The molecule has 1 rings (SSSR count). The molecule has 0 spiro atoms. The van der Waals surface area contributed by atoms with Crippen molar-refractivity contribution in [3.63, 3.8) is 0 Å². The van der Waals surface area contributed by atoms with Crippen molar-refractivity contribution in [1.29, 1.82) is 0 Å². The molecule has 1 saturated carbocycles. The van der Waals surface area contributed by atoms with Gasteiger partial charge in [-0.05, 0) is 38.0 Å². The van der Waals surface area contributed by atoms with E-state index >= 15 is 0 Å². The zero-order valence-corrected chi connectivity index (χ0v) is 10.9. The van der Waals surface area contributed by atoms with E-state index in [1.807, 2.05) is 18.8 Å². The van der Waals surface area contributed by atoms with Crippen LogP contribution in [-0.2, 0) is 0 Å². The molecule has 1 fully saturated rings. The number of hydrogen-bond acceptors (Lipinski definition) is 3. The van der Waals surface area contributed by atoms with E-state index in [-0.39, 0.29) is 12.1 Å². The Morgan fingerprint density at radius 3 is 2.60 bits per heavy atom. The number of likely N-dealkylation sites (N-methyl/N-ethyl adjacent to an activating group) is 1. The second kappa shape index (κ2) is 6.77. The van der Waals surface area contributed by atoms with Gasteiger partial charge in [-0.2, -0.15) is 11.8 Å². The van der Waals surface area contributed by atoms with E-state index in [1.54, 1.807) is 0 Å². The molecule has 0 amide bonds. The zero-order valence-electron chi connectivity index (χ0n) is 10.1. The molecule has 0 heterocycles. The van der Waals surface area contributed by atoms with Crippen molar-refractivity contribution in [2.75, 3.05) is 25.2 Å². The summed E-state index contributed by atoms with van der Waals surface area (Å²) in [6.07, 6.45) is 6.52. The van der Waals surface area contributed by atoms with Crippen molar-refractivity contribution in [1.82, 2.24) is 5.32 Å². The molecule has 90 valence electrons. The van der Waals surface area contributed by atoms with Crippen molar-refractivity contribution in [2.45, 2.75) is 44.6 Å². The van der Waals surface area contributed by atoms with Crippen LogP contribution in [0.2, 0.25) is 0 Å². The fourth-order valence-corrected chi connectivity index (χ4v) is 3.38. The van der Waals surface area contributed by atoms with Gasteiger partial charge in [0.05, 0.1) is 12.1 Å². The van der Waals surface area contributed by atoms with Crippen molar-refractivity contribution in [2.24, 2.45) is 5.92 Å². The SMILES string of the molecule is CCCCCSCC(CO)(NC)C1CC1.